The van der Waals surface area contributed by atoms with Crippen molar-refractivity contribution in [1.29, 1.82) is 0 Å². The fraction of sp³-hybridized carbons (Fsp3) is 0. The van der Waals surface area contributed by atoms with Gasteiger partial charge in [0.05, 0.1) is 10.5 Å². The van der Waals surface area contributed by atoms with Crippen LogP contribution in [0.3, 0.4) is 0 Å². The van der Waals surface area contributed by atoms with Crippen LogP contribution in [0.2, 0.25) is 0 Å². The largest absolute Gasteiger partial charge is 0.423 e. The summed E-state index contributed by atoms with van der Waals surface area (Å²) in [7, 11) is -3.81. The number of carbonyl (C=O) groups excluding carboxylic acids is 1. The van der Waals surface area contributed by atoms with Gasteiger partial charge in [-0.05, 0) is 41.3 Å². The Hall–Kier alpha value is -2.98. The molecule has 0 unspecified atom stereocenters. The molecule has 0 spiro atoms. The number of hydrogen-bond donors (Lipinski definition) is 1. The van der Waals surface area contributed by atoms with E-state index in [-0.39, 0.29) is 32.1 Å². The van der Waals surface area contributed by atoms with Gasteiger partial charge < -0.3 is 9.94 Å². The molecule has 23 heavy (non-hydrogen) atoms. The van der Waals surface area contributed by atoms with Crippen LogP contribution >= 0.6 is 0 Å². The lowest BCUT2D eigenvalue weighted by atomic mass is 10.2. The van der Waals surface area contributed by atoms with Gasteiger partial charge in [0.1, 0.15) is 5.75 Å². The molecule has 0 aliphatic heterocycles. The van der Waals surface area contributed by atoms with Crippen molar-refractivity contribution in [3.05, 3.63) is 53.2 Å². The van der Waals surface area contributed by atoms with Crippen molar-refractivity contribution in [2.45, 2.75) is 4.90 Å². The van der Waals surface area contributed by atoms with Crippen molar-refractivity contribution < 1.29 is 27.5 Å². The average molecular weight is 335 g/mol. The number of fused-ring (bicyclic) bond motifs is 1. The Labute approximate surface area is 129 Å². The molecule has 2 aromatic carbocycles. The molecule has 1 aromatic heterocycles. The summed E-state index contributed by atoms with van der Waals surface area (Å²) < 4.78 is 31.8. The Morgan fingerprint density at radius 1 is 1.22 bits per heavy atom. The molecule has 1 heterocycles. The summed E-state index contributed by atoms with van der Waals surface area (Å²) in [6.07, 6.45) is 0. The lowest BCUT2D eigenvalue weighted by molar-refractivity contribution is -0.782. The van der Waals surface area contributed by atoms with Crippen molar-refractivity contribution in [3.8, 4) is 5.75 Å². The van der Waals surface area contributed by atoms with E-state index in [2.05, 4.69) is 9.79 Å². The second-order valence-electron chi connectivity index (χ2n) is 4.54. The van der Waals surface area contributed by atoms with E-state index >= 15 is 0 Å². The quantitative estimate of drug-likeness (QED) is 0.413. The van der Waals surface area contributed by atoms with Crippen molar-refractivity contribution >= 4 is 27.0 Å². The zero-order valence-electron chi connectivity index (χ0n) is 11.4. The van der Waals surface area contributed by atoms with Crippen molar-refractivity contribution in [2.24, 2.45) is 5.14 Å². The topological polar surface area (TPSA) is 139 Å². The normalized spacial score (nSPS) is 11.5. The number of carbonyl (C=O) groups is 1. The van der Waals surface area contributed by atoms with Crippen LogP contribution in [0.25, 0.3) is 11.0 Å². The number of rotatable bonds is 3. The number of nitrogens with two attached hydrogens (primary N) is 1. The van der Waals surface area contributed by atoms with Gasteiger partial charge in [-0.2, -0.15) is 0 Å². The molecule has 0 aliphatic carbocycles. The fourth-order valence-corrected chi connectivity index (χ4v) is 2.38. The standard InChI is InChI=1S/C13H9N3O6S/c14-23(19,20)10-4-2-9(3-5-10)21-13(17)8-1-6-12-11(7-8)15-22-16(12)18/h1-7H,(H2,14,19,20). The van der Waals surface area contributed by atoms with Gasteiger partial charge in [0.15, 0.2) is 0 Å². The van der Waals surface area contributed by atoms with E-state index in [1.54, 1.807) is 0 Å². The number of nitrogens with zero attached hydrogens (tertiary/aromatic N) is 2. The van der Waals surface area contributed by atoms with E-state index in [9.17, 15) is 18.4 Å². The Bertz CT molecular complexity index is 994. The molecule has 0 saturated carbocycles. The second kappa shape index (κ2) is 5.34. The zero-order valence-corrected chi connectivity index (χ0v) is 12.2. The van der Waals surface area contributed by atoms with Crippen LogP contribution in [-0.2, 0) is 10.0 Å². The maximum absolute atomic E-state index is 12.0. The molecule has 10 heteroatoms. The highest BCUT2D eigenvalue weighted by molar-refractivity contribution is 7.89. The van der Waals surface area contributed by atoms with Gasteiger partial charge in [-0.1, -0.05) is 0 Å². The van der Waals surface area contributed by atoms with E-state index in [0.29, 0.717) is 0 Å². The monoisotopic (exact) mass is 335 g/mol. The summed E-state index contributed by atoms with van der Waals surface area (Å²) in [5.41, 5.74) is 0.542. The smallest absolute Gasteiger partial charge is 0.343 e. The summed E-state index contributed by atoms with van der Waals surface area (Å²) in [4.78, 5) is 12.2. The summed E-state index contributed by atoms with van der Waals surface area (Å²) in [5, 5.41) is 19.6. The summed E-state index contributed by atoms with van der Waals surface area (Å²) in [5.74, 6) is -0.558. The fourth-order valence-electron chi connectivity index (χ4n) is 1.87. The van der Waals surface area contributed by atoms with E-state index < -0.39 is 16.0 Å². The predicted octanol–water partition coefficient (Wildman–Crippen LogP) is 0.328. The van der Waals surface area contributed by atoms with Crippen LogP contribution in [0.1, 0.15) is 10.4 Å². The van der Waals surface area contributed by atoms with Gasteiger partial charge in [0, 0.05) is 11.2 Å². The first-order valence-corrected chi connectivity index (χ1v) is 7.74. The van der Waals surface area contributed by atoms with Crippen LogP contribution in [-0.4, -0.2) is 19.5 Å². The van der Waals surface area contributed by atoms with Crippen LogP contribution in [0.15, 0.2) is 52.0 Å². The molecule has 0 bridgehead atoms. The second-order valence-corrected chi connectivity index (χ2v) is 6.10. The Balaban J connectivity index is 1.82. The molecule has 0 aliphatic rings. The minimum Gasteiger partial charge on any atom is -0.423 e. The first-order chi connectivity index (χ1) is 10.8. The van der Waals surface area contributed by atoms with E-state index in [1.165, 1.54) is 42.5 Å². The predicted molar refractivity (Wildman–Crippen MR) is 75.7 cm³/mol. The molecule has 9 nitrogen and oxygen atoms in total. The highest BCUT2D eigenvalue weighted by Gasteiger charge is 2.15. The molecule has 0 radical (unpaired) electrons. The van der Waals surface area contributed by atoms with Gasteiger partial charge >= 0.3 is 5.97 Å². The summed E-state index contributed by atoms with van der Waals surface area (Å²) in [6, 6.07) is 9.15. The molecule has 0 saturated heterocycles. The lowest BCUT2D eigenvalue weighted by Crippen LogP contribution is -2.22. The molecule has 3 aromatic rings. The molecule has 2 N–H and O–H groups in total. The molecular formula is C13H9N3O6S. The number of primary sulfonamides is 1. The maximum atomic E-state index is 12.0. The van der Waals surface area contributed by atoms with Gasteiger partial charge in [-0.25, -0.2) is 18.4 Å². The van der Waals surface area contributed by atoms with Crippen LogP contribution < -0.4 is 14.8 Å². The van der Waals surface area contributed by atoms with Gasteiger partial charge in [-0.15, -0.1) is 0 Å². The maximum Gasteiger partial charge on any atom is 0.343 e. The lowest BCUT2D eigenvalue weighted by Gasteiger charge is -2.04. The molecule has 0 amide bonds. The number of ether oxygens (including phenoxy) is 1. The first kappa shape index (κ1) is 14.9. The zero-order chi connectivity index (χ0) is 16.6. The van der Waals surface area contributed by atoms with Gasteiger partial charge in [-0.3, -0.25) is 4.63 Å². The van der Waals surface area contributed by atoms with Crippen molar-refractivity contribution in [1.82, 2.24) is 5.16 Å². The van der Waals surface area contributed by atoms with Gasteiger partial charge in [0.2, 0.25) is 21.1 Å². The molecule has 118 valence electrons. The highest BCUT2D eigenvalue weighted by Crippen LogP contribution is 2.17. The van der Waals surface area contributed by atoms with Crippen molar-refractivity contribution in [2.75, 3.05) is 0 Å². The Morgan fingerprint density at radius 3 is 2.57 bits per heavy atom. The minimum atomic E-state index is -3.81. The number of benzene rings is 2. The SMILES string of the molecule is NS(=O)(=O)c1ccc(OC(=O)c2ccc3c(c2)no[n+]3[O-])cc1. The Kier molecular flexibility index (Phi) is 3.47. The molecule has 0 fully saturated rings. The third-order valence-electron chi connectivity index (χ3n) is 2.98. The number of sulfonamides is 1. The molecular weight excluding hydrogens is 326 g/mol. The number of hydrogen-bond acceptors (Lipinski definition) is 7. The highest BCUT2D eigenvalue weighted by atomic mass is 32.2. The van der Waals surface area contributed by atoms with Gasteiger partial charge in [0.25, 0.3) is 0 Å². The van der Waals surface area contributed by atoms with Crippen LogP contribution in [0, 0.1) is 5.21 Å². The molecule has 3 rings (SSSR count). The van der Waals surface area contributed by atoms with Crippen LogP contribution in [0.5, 0.6) is 5.75 Å². The van der Waals surface area contributed by atoms with E-state index in [4.69, 9.17) is 9.88 Å². The van der Waals surface area contributed by atoms with Crippen molar-refractivity contribution in [3.63, 3.8) is 0 Å². The first-order valence-electron chi connectivity index (χ1n) is 6.19. The third kappa shape index (κ3) is 2.98. The van der Waals surface area contributed by atoms with E-state index in [0.717, 1.165) is 0 Å². The van der Waals surface area contributed by atoms with Crippen LogP contribution in [0.4, 0.5) is 0 Å². The number of esters is 1. The third-order valence-corrected chi connectivity index (χ3v) is 3.91. The minimum absolute atomic E-state index is 0.0960. The average Bonchev–Trinajstić information content (AvgIpc) is 2.88. The van der Waals surface area contributed by atoms with E-state index in [1.807, 2.05) is 0 Å². The summed E-state index contributed by atoms with van der Waals surface area (Å²) >= 11 is 0. The summed E-state index contributed by atoms with van der Waals surface area (Å²) in [6.45, 7) is 0. The Morgan fingerprint density at radius 2 is 1.91 bits per heavy atom. The number of aromatic nitrogens is 2. The molecule has 0 atom stereocenters.